The Balaban J connectivity index is 1.54. The number of likely N-dealkylation sites (tertiary alicyclic amines) is 1. The van der Waals surface area contributed by atoms with Gasteiger partial charge in [-0.15, -0.1) is 0 Å². The molecule has 2 heterocycles. The molecule has 1 aliphatic heterocycles. The Hall–Kier alpha value is -2.63. The normalized spacial score (nSPS) is 17.0. The van der Waals surface area contributed by atoms with Crippen molar-refractivity contribution in [1.29, 1.82) is 0 Å². The van der Waals surface area contributed by atoms with Gasteiger partial charge in [0.2, 0.25) is 11.8 Å². The van der Waals surface area contributed by atoms with Crippen LogP contribution in [0, 0.1) is 19.8 Å². The number of amides is 2. The molecular formula is C20H25N3O3. The molecule has 1 aromatic heterocycles. The second-order valence-corrected chi connectivity index (χ2v) is 7.09. The average molecular weight is 355 g/mol. The van der Waals surface area contributed by atoms with E-state index < -0.39 is 0 Å². The Morgan fingerprint density at radius 2 is 2.04 bits per heavy atom. The number of nitrogens with zero attached hydrogens (tertiary/aromatic N) is 3. The smallest absolute Gasteiger partial charge is 0.242 e. The molecule has 0 radical (unpaired) electrons. The Morgan fingerprint density at radius 1 is 1.31 bits per heavy atom. The van der Waals surface area contributed by atoms with Gasteiger partial charge in [0.05, 0.1) is 18.8 Å². The maximum atomic E-state index is 12.5. The van der Waals surface area contributed by atoms with Crippen LogP contribution in [0.1, 0.15) is 29.0 Å². The van der Waals surface area contributed by atoms with Gasteiger partial charge in [-0.3, -0.25) is 9.59 Å². The molecular weight excluding hydrogens is 330 g/mol. The van der Waals surface area contributed by atoms with Crippen LogP contribution in [-0.4, -0.2) is 46.9 Å². The fourth-order valence-electron chi connectivity index (χ4n) is 3.43. The van der Waals surface area contributed by atoms with Gasteiger partial charge in [-0.1, -0.05) is 35.5 Å². The molecule has 0 aliphatic carbocycles. The van der Waals surface area contributed by atoms with Crippen LogP contribution in [0.25, 0.3) is 0 Å². The third kappa shape index (κ3) is 4.12. The molecule has 2 aromatic rings. The van der Waals surface area contributed by atoms with E-state index in [2.05, 4.69) is 17.3 Å². The fourth-order valence-corrected chi connectivity index (χ4v) is 3.43. The third-order valence-electron chi connectivity index (χ3n) is 4.99. The highest BCUT2D eigenvalue weighted by Gasteiger charge is 2.31. The van der Waals surface area contributed by atoms with Crippen LogP contribution in [0.4, 0.5) is 0 Å². The van der Waals surface area contributed by atoms with Crippen LogP contribution in [0.3, 0.4) is 0 Å². The standard InChI is InChI=1S/C20H25N3O3/c1-14-18(15(2)26-21-14)12-22(3)20(25)13-23-11-17(10-19(23)24)9-16-7-5-4-6-8-16/h4-8,17H,9-13H2,1-3H3/t17-/m1/s1. The summed E-state index contributed by atoms with van der Waals surface area (Å²) in [5.74, 6) is 0.983. The number of aryl methyl sites for hydroxylation is 2. The molecule has 26 heavy (non-hydrogen) atoms. The Bertz CT molecular complexity index is 765. The van der Waals surface area contributed by atoms with E-state index in [1.165, 1.54) is 5.56 Å². The van der Waals surface area contributed by atoms with Crippen molar-refractivity contribution >= 4 is 11.8 Å². The first kappa shape index (κ1) is 18.2. The first-order valence-electron chi connectivity index (χ1n) is 8.91. The Kier molecular flexibility index (Phi) is 5.40. The molecule has 1 fully saturated rings. The van der Waals surface area contributed by atoms with E-state index in [0.717, 1.165) is 23.4 Å². The number of hydrogen-bond donors (Lipinski definition) is 0. The average Bonchev–Trinajstić information content (AvgIpc) is 3.12. The molecule has 1 saturated heterocycles. The monoisotopic (exact) mass is 355 g/mol. The van der Waals surface area contributed by atoms with Gasteiger partial charge in [-0.2, -0.15) is 0 Å². The van der Waals surface area contributed by atoms with E-state index in [0.29, 0.717) is 19.5 Å². The lowest BCUT2D eigenvalue weighted by atomic mass is 9.99. The summed E-state index contributed by atoms with van der Waals surface area (Å²) >= 11 is 0. The lowest BCUT2D eigenvalue weighted by Gasteiger charge is -2.22. The summed E-state index contributed by atoms with van der Waals surface area (Å²) in [5.41, 5.74) is 2.95. The van der Waals surface area contributed by atoms with Crippen LogP contribution < -0.4 is 0 Å². The quantitative estimate of drug-likeness (QED) is 0.798. The van der Waals surface area contributed by atoms with E-state index in [9.17, 15) is 9.59 Å². The van der Waals surface area contributed by atoms with Gasteiger partial charge in [0.1, 0.15) is 5.76 Å². The van der Waals surface area contributed by atoms with Crippen molar-refractivity contribution in [2.45, 2.75) is 33.2 Å². The highest BCUT2D eigenvalue weighted by Crippen LogP contribution is 2.22. The number of hydrogen-bond acceptors (Lipinski definition) is 4. The minimum Gasteiger partial charge on any atom is -0.361 e. The predicted molar refractivity (Wildman–Crippen MR) is 97.3 cm³/mol. The second-order valence-electron chi connectivity index (χ2n) is 7.09. The highest BCUT2D eigenvalue weighted by atomic mass is 16.5. The van der Waals surface area contributed by atoms with Crippen LogP contribution in [0.5, 0.6) is 0 Å². The van der Waals surface area contributed by atoms with Gasteiger partial charge in [0, 0.05) is 25.6 Å². The van der Waals surface area contributed by atoms with Crippen molar-refractivity contribution in [3.05, 3.63) is 52.9 Å². The summed E-state index contributed by atoms with van der Waals surface area (Å²) in [6.45, 7) is 4.91. The molecule has 1 aromatic carbocycles. The van der Waals surface area contributed by atoms with Gasteiger partial charge in [0.15, 0.2) is 0 Å². The van der Waals surface area contributed by atoms with Gasteiger partial charge in [-0.05, 0) is 31.7 Å². The molecule has 0 bridgehead atoms. The zero-order chi connectivity index (χ0) is 18.7. The van der Waals surface area contributed by atoms with Crippen LogP contribution >= 0.6 is 0 Å². The van der Waals surface area contributed by atoms with Gasteiger partial charge < -0.3 is 14.3 Å². The summed E-state index contributed by atoms with van der Waals surface area (Å²) in [7, 11) is 1.75. The minimum atomic E-state index is -0.0706. The molecule has 6 heteroatoms. The third-order valence-corrected chi connectivity index (χ3v) is 4.99. The molecule has 2 amide bonds. The molecule has 0 unspecified atom stereocenters. The Labute approximate surface area is 153 Å². The Morgan fingerprint density at radius 3 is 2.69 bits per heavy atom. The summed E-state index contributed by atoms with van der Waals surface area (Å²) in [6, 6.07) is 10.2. The molecule has 0 spiro atoms. The molecule has 1 aliphatic rings. The number of carbonyl (C=O) groups is 2. The van der Waals surface area contributed by atoms with Gasteiger partial charge in [-0.25, -0.2) is 0 Å². The maximum Gasteiger partial charge on any atom is 0.242 e. The zero-order valence-electron chi connectivity index (χ0n) is 15.6. The lowest BCUT2D eigenvalue weighted by Crippen LogP contribution is -2.39. The van der Waals surface area contributed by atoms with Crippen molar-refractivity contribution in [1.82, 2.24) is 15.0 Å². The van der Waals surface area contributed by atoms with Crippen LogP contribution in [0.2, 0.25) is 0 Å². The van der Waals surface area contributed by atoms with Crippen molar-refractivity contribution in [2.24, 2.45) is 5.92 Å². The molecule has 0 saturated carbocycles. The van der Waals surface area contributed by atoms with Gasteiger partial charge >= 0.3 is 0 Å². The first-order valence-corrected chi connectivity index (χ1v) is 8.91. The van der Waals surface area contributed by atoms with Crippen molar-refractivity contribution < 1.29 is 14.1 Å². The minimum absolute atomic E-state index is 0.0602. The van der Waals surface area contributed by atoms with E-state index in [1.54, 1.807) is 16.8 Å². The highest BCUT2D eigenvalue weighted by molar-refractivity contribution is 5.86. The summed E-state index contributed by atoms with van der Waals surface area (Å²) in [5, 5.41) is 3.92. The predicted octanol–water partition coefficient (Wildman–Crippen LogP) is 2.34. The molecule has 0 N–H and O–H groups in total. The molecule has 3 rings (SSSR count). The topological polar surface area (TPSA) is 66.7 Å². The zero-order valence-corrected chi connectivity index (χ0v) is 15.6. The van der Waals surface area contributed by atoms with E-state index in [4.69, 9.17) is 4.52 Å². The number of likely N-dealkylation sites (N-methyl/N-ethyl adjacent to an activating group) is 1. The largest absolute Gasteiger partial charge is 0.361 e. The van der Waals surface area contributed by atoms with Crippen molar-refractivity contribution in [3.8, 4) is 0 Å². The molecule has 1 atom stereocenters. The second kappa shape index (κ2) is 7.72. The maximum absolute atomic E-state index is 12.5. The number of carbonyl (C=O) groups excluding carboxylic acids is 2. The number of aromatic nitrogens is 1. The molecule has 6 nitrogen and oxygen atoms in total. The number of rotatable bonds is 6. The lowest BCUT2D eigenvalue weighted by molar-refractivity contribution is -0.137. The summed E-state index contributed by atoms with van der Waals surface area (Å²) in [6.07, 6.45) is 1.38. The van der Waals surface area contributed by atoms with Crippen LogP contribution in [-0.2, 0) is 22.6 Å². The summed E-state index contributed by atoms with van der Waals surface area (Å²) < 4.78 is 5.14. The summed E-state index contributed by atoms with van der Waals surface area (Å²) in [4.78, 5) is 28.1. The van der Waals surface area contributed by atoms with Crippen LogP contribution in [0.15, 0.2) is 34.9 Å². The van der Waals surface area contributed by atoms with E-state index >= 15 is 0 Å². The van der Waals surface area contributed by atoms with Gasteiger partial charge in [0.25, 0.3) is 0 Å². The van der Waals surface area contributed by atoms with Crippen molar-refractivity contribution in [3.63, 3.8) is 0 Å². The van der Waals surface area contributed by atoms with Crippen molar-refractivity contribution in [2.75, 3.05) is 20.1 Å². The SMILES string of the molecule is Cc1noc(C)c1CN(C)C(=O)CN1C[C@H](Cc2ccccc2)CC1=O. The number of benzene rings is 1. The first-order chi connectivity index (χ1) is 12.4. The van der Waals surface area contributed by atoms with E-state index in [-0.39, 0.29) is 24.3 Å². The molecule has 138 valence electrons. The fraction of sp³-hybridized carbons (Fsp3) is 0.450. The van der Waals surface area contributed by atoms with E-state index in [1.807, 2.05) is 32.0 Å².